The van der Waals surface area contributed by atoms with Gasteiger partial charge in [0, 0.05) is 6.54 Å². The van der Waals surface area contributed by atoms with Gasteiger partial charge in [-0.1, -0.05) is 19.0 Å². The van der Waals surface area contributed by atoms with E-state index in [1.165, 1.54) is 0 Å². The fraction of sp³-hybridized carbons (Fsp3) is 0.833. The van der Waals surface area contributed by atoms with E-state index in [0.717, 1.165) is 30.2 Å². The number of ether oxygens (including phenoxy) is 1. The van der Waals surface area contributed by atoms with Crippen LogP contribution in [0.25, 0.3) is 0 Å². The van der Waals surface area contributed by atoms with Crippen molar-refractivity contribution in [3.05, 3.63) is 11.7 Å². The van der Waals surface area contributed by atoms with Crippen LogP contribution in [-0.2, 0) is 10.5 Å². The van der Waals surface area contributed by atoms with E-state index in [9.17, 15) is 0 Å². The third-order valence-electron chi connectivity index (χ3n) is 2.81. The van der Waals surface area contributed by atoms with Gasteiger partial charge in [0.05, 0.1) is 11.9 Å². The van der Waals surface area contributed by atoms with Crippen LogP contribution >= 0.6 is 11.8 Å². The summed E-state index contributed by atoms with van der Waals surface area (Å²) in [7, 11) is 0. The van der Waals surface area contributed by atoms with Crippen LogP contribution in [0.1, 0.15) is 44.5 Å². The van der Waals surface area contributed by atoms with Crippen molar-refractivity contribution in [1.29, 1.82) is 0 Å². The summed E-state index contributed by atoms with van der Waals surface area (Å²) in [5.41, 5.74) is 5.58. The zero-order chi connectivity index (χ0) is 13.0. The van der Waals surface area contributed by atoms with Crippen molar-refractivity contribution >= 4 is 11.8 Å². The molecule has 1 aliphatic rings. The molecule has 102 valence electrons. The van der Waals surface area contributed by atoms with Gasteiger partial charge in [0.15, 0.2) is 5.82 Å². The van der Waals surface area contributed by atoms with Crippen molar-refractivity contribution < 1.29 is 9.26 Å². The fourth-order valence-electron chi connectivity index (χ4n) is 1.90. The van der Waals surface area contributed by atoms with Crippen molar-refractivity contribution in [2.75, 3.05) is 12.3 Å². The van der Waals surface area contributed by atoms with Gasteiger partial charge in [-0.05, 0) is 24.5 Å². The Morgan fingerprint density at radius 3 is 2.94 bits per heavy atom. The average molecular weight is 271 g/mol. The molecule has 1 aliphatic heterocycles. The molecule has 0 spiro atoms. The minimum absolute atomic E-state index is 0.0603. The van der Waals surface area contributed by atoms with E-state index in [0.29, 0.717) is 18.4 Å². The molecule has 2 rings (SSSR count). The Bertz CT molecular complexity index is 370. The zero-order valence-electron chi connectivity index (χ0n) is 11.0. The lowest BCUT2D eigenvalue weighted by atomic mass is 10.2. The Labute approximate surface area is 112 Å². The Balaban J connectivity index is 1.83. The fourth-order valence-corrected chi connectivity index (χ4v) is 2.79. The third kappa shape index (κ3) is 3.70. The van der Waals surface area contributed by atoms with Gasteiger partial charge >= 0.3 is 0 Å². The Morgan fingerprint density at radius 2 is 2.28 bits per heavy atom. The predicted molar refractivity (Wildman–Crippen MR) is 71.2 cm³/mol. The van der Waals surface area contributed by atoms with Crippen molar-refractivity contribution in [1.82, 2.24) is 10.1 Å². The first kappa shape index (κ1) is 13.8. The van der Waals surface area contributed by atoms with E-state index in [2.05, 4.69) is 24.0 Å². The summed E-state index contributed by atoms with van der Waals surface area (Å²) >= 11 is 1.83. The first-order chi connectivity index (χ1) is 8.69. The van der Waals surface area contributed by atoms with E-state index >= 15 is 0 Å². The standard InChI is InChI=1S/C12H21N3O2S/c1-8(2)6-18-7-11-14-12(17-15-11)10-4-3-9(5-13)16-10/h8-10H,3-7,13H2,1-2H3. The van der Waals surface area contributed by atoms with E-state index in [1.54, 1.807) is 0 Å². The van der Waals surface area contributed by atoms with Crippen LogP contribution in [0.15, 0.2) is 4.52 Å². The molecule has 2 atom stereocenters. The quantitative estimate of drug-likeness (QED) is 0.854. The highest BCUT2D eigenvalue weighted by Crippen LogP contribution is 2.31. The maximum absolute atomic E-state index is 5.72. The van der Waals surface area contributed by atoms with Crippen LogP contribution < -0.4 is 5.73 Å². The number of nitrogens with two attached hydrogens (primary N) is 1. The number of aromatic nitrogens is 2. The molecule has 0 bridgehead atoms. The molecule has 18 heavy (non-hydrogen) atoms. The molecule has 6 heteroatoms. The molecule has 0 saturated carbocycles. The number of hydrogen-bond acceptors (Lipinski definition) is 6. The summed E-state index contributed by atoms with van der Waals surface area (Å²) in [6.45, 7) is 4.96. The summed E-state index contributed by atoms with van der Waals surface area (Å²) in [5.74, 6) is 3.96. The van der Waals surface area contributed by atoms with Crippen LogP contribution in [0.3, 0.4) is 0 Å². The second-order valence-electron chi connectivity index (χ2n) is 5.02. The molecule has 2 N–H and O–H groups in total. The van der Waals surface area contributed by atoms with Gasteiger partial charge in [0.25, 0.3) is 5.89 Å². The maximum Gasteiger partial charge on any atom is 0.255 e. The number of rotatable bonds is 6. The highest BCUT2D eigenvalue weighted by Gasteiger charge is 2.29. The molecule has 1 saturated heterocycles. The van der Waals surface area contributed by atoms with Gasteiger partial charge in [0.1, 0.15) is 6.10 Å². The zero-order valence-corrected chi connectivity index (χ0v) is 11.8. The molecule has 2 heterocycles. The molecular formula is C12H21N3O2S. The summed E-state index contributed by atoms with van der Waals surface area (Å²) in [6.07, 6.45) is 1.97. The van der Waals surface area contributed by atoms with Crippen LogP contribution in [0.2, 0.25) is 0 Å². The van der Waals surface area contributed by atoms with Crippen molar-refractivity contribution in [3.8, 4) is 0 Å². The summed E-state index contributed by atoms with van der Waals surface area (Å²) < 4.78 is 11.0. The van der Waals surface area contributed by atoms with Gasteiger partial charge in [-0.15, -0.1) is 0 Å². The lowest BCUT2D eigenvalue weighted by Crippen LogP contribution is -2.18. The number of hydrogen-bond donors (Lipinski definition) is 1. The molecular weight excluding hydrogens is 250 g/mol. The minimum Gasteiger partial charge on any atom is -0.364 e. The van der Waals surface area contributed by atoms with Gasteiger partial charge in [-0.3, -0.25) is 0 Å². The predicted octanol–water partition coefficient (Wildman–Crippen LogP) is 2.14. The Kier molecular flexibility index (Phi) is 5.03. The SMILES string of the molecule is CC(C)CSCc1noc(C2CCC(CN)O2)n1. The largest absolute Gasteiger partial charge is 0.364 e. The minimum atomic E-state index is -0.0603. The molecule has 0 radical (unpaired) electrons. The lowest BCUT2D eigenvalue weighted by molar-refractivity contribution is 0.0307. The second kappa shape index (κ2) is 6.54. The molecule has 0 aliphatic carbocycles. The summed E-state index contributed by atoms with van der Waals surface area (Å²) in [5, 5.41) is 3.99. The monoisotopic (exact) mass is 271 g/mol. The van der Waals surface area contributed by atoms with Crippen molar-refractivity contribution in [2.24, 2.45) is 11.7 Å². The van der Waals surface area contributed by atoms with E-state index in [1.807, 2.05) is 11.8 Å². The number of thioether (sulfide) groups is 1. The molecule has 1 aromatic rings. The molecule has 1 aromatic heterocycles. The van der Waals surface area contributed by atoms with E-state index < -0.39 is 0 Å². The first-order valence-corrected chi connectivity index (χ1v) is 7.60. The Hall–Kier alpha value is -0.590. The van der Waals surface area contributed by atoms with E-state index in [-0.39, 0.29) is 12.2 Å². The molecule has 0 amide bonds. The maximum atomic E-state index is 5.72. The van der Waals surface area contributed by atoms with Gasteiger partial charge in [-0.2, -0.15) is 16.7 Å². The smallest absolute Gasteiger partial charge is 0.255 e. The van der Waals surface area contributed by atoms with Crippen LogP contribution in [-0.4, -0.2) is 28.5 Å². The normalized spacial score (nSPS) is 24.0. The molecule has 5 nitrogen and oxygen atoms in total. The summed E-state index contributed by atoms with van der Waals surface area (Å²) in [4.78, 5) is 4.39. The second-order valence-corrected chi connectivity index (χ2v) is 6.05. The van der Waals surface area contributed by atoms with Crippen LogP contribution in [0.5, 0.6) is 0 Å². The van der Waals surface area contributed by atoms with Crippen LogP contribution in [0, 0.1) is 5.92 Å². The number of nitrogens with zero attached hydrogens (tertiary/aromatic N) is 2. The molecule has 1 fully saturated rings. The van der Waals surface area contributed by atoms with Crippen molar-refractivity contribution in [3.63, 3.8) is 0 Å². The topological polar surface area (TPSA) is 74.2 Å². The van der Waals surface area contributed by atoms with Gasteiger partial charge in [0.2, 0.25) is 0 Å². The lowest BCUT2D eigenvalue weighted by Gasteiger charge is -2.07. The molecule has 0 aromatic carbocycles. The van der Waals surface area contributed by atoms with Crippen molar-refractivity contribution in [2.45, 2.75) is 44.6 Å². The van der Waals surface area contributed by atoms with E-state index in [4.69, 9.17) is 15.0 Å². The highest BCUT2D eigenvalue weighted by molar-refractivity contribution is 7.98. The van der Waals surface area contributed by atoms with Gasteiger partial charge in [-0.25, -0.2) is 0 Å². The average Bonchev–Trinajstić information content (AvgIpc) is 2.95. The third-order valence-corrected chi connectivity index (χ3v) is 4.18. The van der Waals surface area contributed by atoms with Gasteiger partial charge < -0.3 is 15.0 Å². The highest BCUT2D eigenvalue weighted by atomic mass is 32.2. The first-order valence-electron chi connectivity index (χ1n) is 6.44. The Morgan fingerprint density at radius 1 is 1.44 bits per heavy atom. The molecule has 2 unspecified atom stereocenters. The van der Waals surface area contributed by atoms with Crippen LogP contribution in [0.4, 0.5) is 0 Å². The summed E-state index contributed by atoms with van der Waals surface area (Å²) in [6, 6.07) is 0.